The molecule has 0 spiro atoms. The molecule has 0 radical (unpaired) electrons. The van der Waals surface area contributed by atoms with Crippen LogP contribution in [0.3, 0.4) is 0 Å². The van der Waals surface area contributed by atoms with E-state index in [2.05, 4.69) is 5.32 Å². The van der Waals surface area contributed by atoms with Gasteiger partial charge in [0, 0.05) is 12.0 Å². The van der Waals surface area contributed by atoms with E-state index < -0.39 is 28.7 Å². The monoisotopic (exact) mass is 303 g/mol. The Morgan fingerprint density at radius 3 is 2.19 bits per heavy atom. The van der Waals surface area contributed by atoms with Gasteiger partial charge in [-0.05, 0) is 17.7 Å². The van der Waals surface area contributed by atoms with Crippen molar-refractivity contribution in [3.8, 4) is 0 Å². The Morgan fingerprint density at radius 1 is 1.19 bits per heavy atom. The molecule has 21 heavy (non-hydrogen) atoms. The highest BCUT2D eigenvalue weighted by Crippen LogP contribution is 2.32. The quantitative estimate of drug-likeness (QED) is 0.902. The predicted molar refractivity (Wildman–Crippen MR) is 69.7 cm³/mol. The molecule has 2 N–H and O–H groups in total. The molecule has 0 aliphatic carbocycles. The molecule has 0 atom stereocenters. The van der Waals surface area contributed by atoms with Crippen molar-refractivity contribution in [1.29, 1.82) is 0 Å². The fourth-order valence-electron chi connectivity index (χ4n) is 1.57. The molecule has 0 unspecified atom stereocenters. The summed E-state index contributed by atoms with van der Waals surface area (Å²) >= 11 is 0. The molecule has 0 aliphatic rings. The predicted octanol–water partition coefficient (Wildman–Crippen LogP) is 3.07. The van der Waals surface area contributed by atoms with Crippen LogP contribution in [0.2, 0.25) is 0 Å². The normalized spacial score (nSPS) is 12.1. The number of rotatable bonds is 3. The zero-order valence-corrected chi connectivity index (χ0v) is 11.8. The number of carboxylic acids is 1. The van der Waals surface area contributed by atoms with Crippen molar-refractivity contribution in [3.63, 3.8) is 0 Å². The lowest BCUT2D eigenvalue weighted by atomic mass is 9.95. The second kappa shape index (κ2) is 5.75. The van der Waals surface area contributed by atoms with Crippen LogP contribution in [0.25, 0.3) is 0 Å². The summed E-state index contributed by atoms with van der Waals surface area (Å²) in [6.07, 6.45) is -4.74. The van der Waals surface area contributed by atoms with E-state index in [-0.39, 0.29) is 18.0 Å². The van der Waals surface area contributed by atoms with Gasteiger partial charge in [-0.2, -0.15) is 13.2 Å². The Morgan fingerprint density at radius 2 is 1.76 bits per heavy atom. The number of benzene rings is 1. The van der Waals surface area contributed by atoms with E-state index in [4.69, 9.17) is 5.11 Å². The maximum atomic E-state index is 12.7. The molecular formula is C14H16F3NO3. The Labute approximate surface area is 120 Å². The summed E-state index contributed by atoms with van der Waals surface area (Å²) in [6, 6.07) is 2.79. The van der Waals surface area contributed by atoms with E-state index in [0.29, 0.717) is 6.07 Å². The fraction of sp³-hybridized carbons (Fsp3) is 0.429. The van der Waals surface area contributed by atoms with Crippen LogP contribution in [0.5, 0.6) is 0 Å². The first-order valence-electron chi connectivity index (χ1n) is 6.14. The second-order valence-corrected chi connectivity index (χ2v) is 5.62. The number of amides is 1. The summed E-state index contributed by atoms with van der Waals surface area (Å²) in [5.74, 6) is -1.94. The van der Waals surface area contributed by atoms with Crippen molar-refractivity contribution in [1.82, 2.24) is 5.32 Å². The summed E-state index contributed by atoms with van der Waals surface area (Å²) < 4.78 is 38.0. The fourth-order valence-corrected chi connectivity index (χ4v) is 1.57. The first kappa shape index (κ1) is 17.0. The van der Waals surface area contributed by atoms with Crippen LogP contribution in [0, 0.1) is 5.41 Å². The van der Waals surface area contributed by atoms with Crippen molar-refractivity contribution < 1.29 is 27.9 Å². The van der Waals surface area contributed by atoms with Gasteiger partial charge in [0.25, 0.3) is 0 Å². The zero-order valence-electron chi connectivity index (χ0n) is 11.8. The van der Waals surface area contributed by atoms with Gasteiger partial charge in [-0.25, -0.2) is 4.79 Å². The number of alkyl halides is 3. The highest BCUT2D eigenvalue weighted by molar-refractivity contribution is 5.90. The minimum Gasteiger partial charge on any atom is -0.478 e. The van der Waals surface area contributed by atoms with Crippen LogP contribution in [0.4, 0.5) is 13.2 Å². The minimum absolute atomic E-state index is 0.0332. The van der Waals surface area contributed by atoms with Crippen molar-refractivity contribution >= 4 is 11.9 Å². The van der Waals surface area contributed by atoms with E-state index in [9.17, 15) is 22.8 Å². The van der Waals surface area contributed by atoms with E-state index in [1.165, 1.54) is 0 Å². The van der Waals surface area contributed by atoms with Gasteiger partial charge >= 0.3 is 12.1 Å². The maximum Gasteiger partial charge on any atom is 0.417 e. The van der Waals surface area contributed by atoms with Gasteiger partial charge in [0.15, 0.2) is 0 Å². The third kappa shape index (κ3) is 4.47. The number of hydrogen-bond donors (Lipinski definition) is 2. The topological polar surface area (TPSA) is 66.4 Å². The summed E-state index contributed by atoms with van der Waals surface area (Å²) in [4.78, 5) is 22.6. The molecule has 1 aromatic rings. The van der Waals surface area contributed by atoms with Crippen molar-refractivity contribution in [2.75, 3.05) is 0 Å². The average molecular weight is 303 g/mol. The minimum atomic E-state index is -4.74. The summed E-state index contributed by atoms with van der Waals surface area (Å²) in [5, 5.41) is 11.4. The van der Waals surface area contributed by atoms with Crippen molar-refractivity contribution in [3.05, 3.63) is 34.9 Å². The number of hydrogen-bond acceptors (Lipinski definition) is 2. The lowest BCUT2D eigenvalue weighted by molar-refractivity contribution is -0.138. The molecule has 0 saturated heterocycles. The molecule has 0 aliphatic heterocycles. The molecule has 0 fully saturated rings. The van der Waals surface area contributed by atoms with Gasteiger partial charge in [0.2, 0.25) is 5.91 Å². The third-order valence-electron chi connectivity index (χ3n) is 2.75. The van der Waals surface area contributed by atoms with E-state index in [0.717, 1.165) is 12.1 Å². The Kier molecular flexibility index (Phi) is 4.65. The molecule has 0 aromatic heterocycles. The molecule has 7 heteroatoms. The summed E-state index contributed by atoms with van der Waals surface area (Å²) in [5.41, 5.74) is -2.38. The van der Waals surface area contributed by atoms with Crippen LogP contribution in [0.1, 0.15) is 42.3 Å². The van der Waals surface area contributed by atoms with Gasteiger partial charge in [-0.3, -0.25) is 4.79 Å². The maximum absolute atomic E-state index is 12.7. The molecule has 1 amide bonds. The number of aromatic carboxylic acids is 1. The molecule has 4 nitrogen and oxygen atoms in total. The highest BCUT2D eigenvalue weighted by atomic mass is 19.4. The van der Waals surface area contributed by atoms with Crippen LogP contribution < -0.4 is 5.32 Å². The molecule has 116 valence electrons. The molecule has 0 bridgehead atoms. The van der Waals surface area contributed by atoms with E-state index in [1.807, 2.05) is 0 Å². The highest BCUT2D eigenvalue weighted by Gasteiger charge is 2.35. The zero-order chi connectivity index (χ0) is 16.4. The Bertz CT molecular complexity index is 560. The molecule has 0 heterocycles. The van der Waals surface area contributed by atoms with Crippen molar-refractivity contribution in [2.24, 2.45) is 5.41 Å². The first-order valence-corrected chi connectivity index (χ1v) is 6.14. The Hall–Kier alpha value is -2.05. The first-order chi connectivity index (χ1) is 9.43. The number of nitrogens with one attached hydrogen (secondary N) is 1. The molecule has 1 aromatic carbocycles. The average Bonchev–Trinajstić information content (AvgIpc) is 2.33. The smallest absolute Gasteiger partial charge is 0.417 e. The van der Waals surface area contributed by atoms with Crippen molar-refractivity contribution in [2.45, 2.75) is 33.5 Å². The van der Waals surface area contributed by atoms with Crippen LogP contribution in [0.15, 0.2) is 18.2 Å². The third-order valence-corrected chi connectivity index (χ3v) is 2.75. The van der Waals surface area contributed by atoms with Gasteiger partial charge in [0.05, 0.1) is 11.1 Å². The van der Waals surface area contributed by atoms with E-state index in [1.54, 1.807) is 20.8 Å². The second-order valence-electron chi connectivity index (χ2n) is 5.62. The standard InChI is InChI=1S/C14H16F3NO3/c1-13(2,3)12(21)18-7-8-4-5-10(14(15,16)17)9(6-8)11(19)20/h4-6H,7H2,1-3H3,(H,18,21)(H,19,20). The lowest BCUT2D eigenvalue weighted by Gasteiger charge is -2.18. The number of carbonyl (C=O) groups is 2. The van der Waals surface area contributed by atoms with Gasteiger partial charge in [-0.15, -0.1) is 0 Å². The van der Waals surface area contributed by atoms with Gasteiger partial charge in [0.1, 0.15) is 0 Å². The molecule has 1 rings (SSSR count). The molecule has 0 saturated carbocycles. The number of carboxylic acid groups (broad SMARTS) is 1. The van der Waals surface area contributed by atoms with Crippen LogP contribution in [-0.4, -0.2) is 17.0 Å². The summed E-state index contributed by atoms with van der Waals surface area (Å²) in [7, 11) is 0. The van der Waals surface area contributed by atoms with E-state index >= 15 is 0 Å². The van der Waals surface area contributed by atoms with Crippen LogP contribution >= 0.6 is 0 Å². The SMILES string of the molecule is CC(C)(C)C(=O)NCc1ccc(C(F)(F)F)c(C(=O)O)c1. The number of halogens is 3. The van der Waals surface area contributed by atoms with Gasteiger partial charge in [-0.1, -0.05) is 26.8 Å². The molecular weight excluding hydrogens is 287 g/mol. The number of carbonyl (C=O) groups excluding carboxylic acids is 1. The summed E-state index contributed by atoms with van der Waals surface area (Å²) in [6.45, 7) is 5.04. The lowest BCUT2D eigenvalue weighted by Crippen LogP contribution is -2.34. The van der Waals surface area contributed by atoms with Gasteiger partial charge < -0.3 is 10.4 Å². The largest absolute Gasteiger partial charge is 0.478 e. The van der Waals surface area contributed by atoms with Crippen LogP contribution in [-0.2, 0) is 17.5 Å². The Balaban J connectivity index is 3.00.